The summed E-state index contributed by atoms with van der Waals surface area (Å²) in [5, 5.41) is 11.6. The van der Waals surface area contributed by atoms with Crippen LogP contribution in [0.25, 0.3) is 10.9 Å². The van der Waals surface area contributed by atoms with E-state index in [1.807, 2.05) is 12.1 Å². The summed E-state index contributed by atoms with van der Waals surface area (Å²) in [6, 6.07) is 13.3. The van der Waals surface area contributed by atoms with Gasteiger partial charge in [-0.25, -0.2) is 4.98 Å². The highest BCUT2D eigenvalue weighted by atomic mass is 16.5. The molecule has 4 atom stereocenters. The molecule has 1 N–H and O–H groups in total. The Bertz CT molecular complexity index is 1280. The van der Waals surface area contributed by atoms with Crippen LogP contribution in [0.15, 0.2) is 36.4 Å². The van der Waals surface area contributed by atoms with Crippen LogP contribution < -0.4 is 4.74 Å². The second-order valence-corrected chi connectivity index (χ2v) is 10.4. The lowest BCUT2D eigenvalue weighted by Crippen LogP contribution is -2.68. The first kappa shape index (κ1) is 18.2. The third-order valence-electron chi connectivity index (χ3n) is 9.22. The van der Waals surface area contributed by atoms with Crippen molar-refractivity contribution < 1.29 is 9.84 Å². The Labute approximate surface area is 182 Å². The number of aliphatic hydroxyl groups is 1. The molecule has 2 aliphatic heterocycles. The number of piperidine rings is 1. The molecule has 158 valence electrons. The number of ether oxygens (including phenoxy) is 1. The molecule has 4 nitrogen and oxygen atoms in total. The first-order valence-corrected chi connectivity index (χ1v) is 11.5. The van der Waals surface area contributed by atoms with Crippen molar-refractivity contribution in [3.63, 3.8) is 0 Å². The van der Waals surface area contributed by atoms with Gasteiger partial charge in [-0.1, -0.05) is 37.3 Å². The number of aromatic nitrogens is 1. The lowest BCUT2D eigenvalue weighted by atomic mass is 9.44. The van der Waals surface area contributed by atoms with Gasteiger partial charge >= 0.3 is 0 Å². The second kappa shape index (κ2) is 5.67. The van der Waals surface area contributed by atoms with Crippen LogP contribution in [0.3, 0.4) is 0 Å². The average Bonchev–Trinajstić information content (AvgIpc) is 3.12. The predicted octanol–water partition coefficient (Wildman–Crippen LogP) is 4.23. The largest absolute Gasteiger partial charge is 0.483 e. The van der Waals surface area contributed by atoms with E-state index >= 15 is 0 Å². The molecule has 3 aromatic rings. The molecule has 2 aromatic carbocycles. The van der Waals surface area contributed by atoms with Crippen LogP contribution in [-0.4, -0.2) is 34.6 Å². The summed E-state index contributed by atoms with van der Waals surface area (Å²) in [6.45, 7) is 5.79. The number of aryl methyl sites for hydroxylation is 1. The molecule has 1 saturated heterocycles. The summed E-state index contributed by atoms with van der Waals surface area (Å²) in [5.74, 6) is 1.10. The molecule has 4 heteroatoms. The Hall–Kier alpha value is -2.43. The summed E-state index contributed by atoms with van der Waals surface area (Å²) >= 11 is 0. The fourth-order valence-corrected chi connectivity index (χ4v) is 7.76. The lowest BCUT2D eigenvalue weighted by molar-refractivity contribution is -0.0912. The summed E-state index contributed by atoms with van der Waals surface area (Å²) in [6.07, 6.45) is 3.02. The van der Waals surface area contributed by atoms with Gasteiger partial charge in [0.15, 0.2) is 6.10 Å². The number of pyridine rings is 1. The van der Waals surface area contributed by atoms with Gasteiger partial charge in [-0.2, -0.15) is 0 Å². The molecule has 0 unspecified atom stereocenters. The third-order valence-corrected chi connectivity index (χ3v) is 9.22. The van der Waals surface area contributed by atoms with Crippen molar-refractivity contribution in [3.8, 4) is 5.75 Å². The molecule has 31 heavy (non-hydrogen) atoms. The van der Waals surface area contributed by atoms with Crippen molar-refractivity contribution in [2.24, 2.45) is 5.41 Å². The maximum atomic E-state index is 10.5. The van der Waals surface area contributed by atoms with E-state index in [-0.39, 0.29) is 23.5 Å². The number of rotatable bonds is 1. The highest BCUT2D eigenvalue weighted by Gasteiger charge is 2.70. The number of hydrogen-bond donors (Lipinski definition) is 1. The van der Waals surface area contributed by atoms with Crippen LogP contribution >= 0.6 is 0 Å². The Morgan fingerprint density at radius 3 is 2.90 bits per heavy atom. The quantitative estimate of drug-likeness (QED) is 0.650. The van der Waals surface area contributed by atoms with Crippen LogP contribution in [0.5, 0.6) is 5.75 Å². The number of benzene rings is 2. The smallest absolute Gasteiger partial charge is 0.151 e. The van der Waals surface area contributed by atoms with Gasteiger partial charge in [0.2, 0.25) is 0 Å². The van der Waals surface area contributed by atoms with Crippen LogP contribution in [0, 0.1) is 12.3 Å². The topological polar surface area (TPSA) is 45.6 Å². The lowest BCUT2D eigenvalue weighted by Gasteiger charge is -2.64. The molecule has 4 aliphatic rings. The van der Waals surface area contributed by atoms with Crippen molar-refractivity contribution in [2.45, 2.75) is 57.3 Å². The van der Waals surface area contributed by atoms with E-state index in [1.54, 1.807) is 0 Å². The first-order chi connectivity index (χ1) is 15.0. The van der Waals surface area contributed by atoms with E-state index in [9.17, 15) is 5.11 Å². The van der Waals surface area contributed by atoms with E-state index in [1.165, 1.54) is 22.3 Å². The van der Waals surface area contributed by atoms with Crippen LogP contribution in [0.4, 0.5) is 0 Å². The molecule has 2 bridgehead atoms. The number of para-hydroxylation sites is 1. The minimum Gasteiger partial charge on any atom is -0.483 e. The standard InChI is InChI=1S/C27H28N2O2/c1-15-8-9-16-12-21-26(2)13-18-19(14-30)17-6-4-5-7-20(17)28-23(18)25-27(26,10-11-29(21)3)22(16)24(15)31-25/h4-9,21,25,30H,10-14H2,1-3H3/t21-,25-,26-,27-/m0/s1. The van der Waals surface area contributed by atoms with Gasteiger partial charge in [0.25, 0.3) is 0 Å². The Morgan fingerprint density at radius 1 is 1.23 bits per heavy atom. The minimum atomic E-state index is -0.0810. The van der Waals surface area contributed by atoms with Gasteiger partial charge in [0.1, 0.15) is 5.75 Å². The van der Waals surface area contributed by atoms with Gasteiger partial charge in [-0.05, 0) is 68.1 Å². The fraction of sp³-hybridized carbons (Fsp3) is 0.444. The van der Waals surface area contributed by atoms with Crippen LogP contribution in [0.2, 0.25) is 0 Å². The van der Waals surface area contributed by atoms with Crippen molar-refractivity contribution in [1.82, 2.24) is 9.88 Å². The van der Waals surface area contributed by atoms with Crippen molar-refractivity contribution in [1.29, 1.82) is 0 Å². The predicted molar refractivity (Wildman–Crippen MR) is 120 cm³/mol. The first-order valence-electron chi connectivity index (χ1n) is 11.5. The highest BCUT2D eigenvalue weighted by molar-refractivity contribution is 5.84. The van der Waals surface area contributed by atoms with Gasteiger partial charge in [0.05, 0.1) is 23.2 Å². The van der Waals surface area contributed by atoms with Gasteiger partial charge < -0.3 is 14.7 Å². The molecular formula is C27H28N2O2. The molecule has 3 heterocycles. The number of likely N-dealkylation sites (N-methyl/N-ethyl adjacent to an activating group) is 1. The van der Waals surface area contributed by atoms with E-state index in [0.717, 1.165) is 53.7 Å². The van der Waals surface area contributed by atoms with Crippen molar-refractivity contribution in [2.75, 3.05) is 13.6 Å². The summed E-state index contributed by atoms with van der Waals surface area (Å²) in [7, 11) is 2.29. The van der Waals surface area contributed by atoms with E-state index in [2.05, 4.69) is 50.1 Å². The second-order valence-electron chi connectivity index (χ2n) is 10.4. The Balaban J connectivity index is 1.61. The number of fused-ring (bicyclic) bond motifs is 3. The SMILES string of the molecule is Cc1ccc2c3c1O[C@H]1c4nc5ccccc5c(CO)c4C[C@@]4(C)[C@H](C2)N(C)CC[C@]314. The molecule has 7 rings (SSSR count). The maximum Gasteiger partial charge on any atom is 0.151 e. The van der Waals surface area contributed by atoms with Gasteiger partial charge in [-0.15, -0.1) is 0 Å². The summed E-state index contributed by atoms with van der Waals surface area (Å²) < 4.78 is 6.92. The number of aliphatic hydroxyl groups excluding tert-OH is 1. The van der Waals surface area contributed by atoms with Gasteiger partial charge in [-0.3, -0.25) is 0 Å². The fourth-order valence-electron chi connectivity index (χ4n) is 7.76. The molecule has 2 aliphatic carbocycles. The Morgan fingerprint density at radius 2 is 2.06 bits per heavy atom. The van der Waals surface area contributed by atoms with Gasteiger partial charge in [0, 0.05) is 22.4 Å². The number of likely N-dealkylation sites (tertiary alicyclic amines) is 1. The van der Waals surface area contributed by atoms with E-state index < -0.39 is 0 Å². The molecule has 0 radical (unpaired) electrons. The maximum absolute atomic E-state index is 10.5. The molecule has 1 aromatic heterocycles. The average molecular weight is 413 g/mol. The van der Waals surface area contributed by atoms with Crippen LogP contribution in [-0.2, 0) is 24.9 Å². The minimum absolute atomic E-state index is 0.0395. The van der Waals surface area contributed by atoms with E-state index in [4.69, 9.17) is 9.72 Å². The zero-order valence-electron chi connectivity index (χ0n) is 18.4. The molecule has 0 amide bonds. The van der Waals surface area contributed by atoms with Crippen molar-refractivity contribution >= 4 is 10.9 Å². The molecule has 1 fully saturated rings. The monoisotopic (exact) mass is 412 g/mol. The molecule has 1 spiro atoms. The molecular weight excluding hydrogens is 384 g/mol. The zero-order chi connectivity index (χ0) is 21.1. The normalized spacial score (nSPS) is 32.5. The summed E-state index contributed by atoms with van der Waals surface area (Å²) in [4.78, 5) is 7.78. The van der Waals surface area contributed by atoms with Crippen LogP contribution in [0.1, 0.15) is 53.0 Å². The zero-order valence-corrected chi connectivity index (χ0v) is 18.4. The highest BCUT2D eigenvalue weighted by Crippen LogP contribution is 2.71. The number of hydrogen-bond acceptors (Lipinski definition) is 4. The Kier molecular flexibility index (Phi) is 3.33. The molecule has 0 saturated carbocycles. The summed E-state index contributed by atoms with van der Waals surface area (Å²) in [5.41, 5.74) is 8.44. The van der Waals surface area contributed by atoms with Crippen molar-refractivity contribution in [3.05, 3.63) is 69.9 Å². The van der Waals surface area contributed by atoms with E-state index in [0.29, 0.717) is 6.04 Å². The third kappa shape index (κ3) is 1.89. The number of nitrogens with zero attached hydrogens (tertiary/aromatic N) is 2.